The second-order valence-electron chi connectivity index (χ2n) is 6.33. The van der Waals surface area contributed by atoms with Crippen molar-refractivity contribution in [3.8, 4) is 0 Å². The molecule has 0 bridgehead atoms. The molecule has 0 aromatic rings. The number of nitrogens with one attached hydrogen (secondary N) is 2. The van der Waals surface area contributed by atoms with Gasteiger partial charge in [0.15, 0.2) is 0 Å². The fraction of sp³-hybridized carbons (Fsp3) is 1.00. The van der Waals surface area contributed by atoms with Crippen LogP contribution >= 0.6 is 0 Å². The predicted molar refractivity (Wildman–Crippen MR) is 78.6 cm³/mol. The molecule has 2 fully saturated rings. The lowest BCUT2D eigenvalue weighted by Crippen LogP contribution is -2.38. The fourth-order valence-corrected chi connectivity index (χ4v) is 4.15. The summed E-state index contributed by atoms with van der Waals surface area (Å²) in [6.45, 7) is 3.21. The lowest BCUT2D eigenvalue weighted by molar-refractivity contribution is 0.332. The molecule has 0 saturated heterocycles. The van der Waals surface area contributed by atoms with Crippen LogP contribution in [-0.2, 0) is 10.0 Å². The molecule has 4 nitrogen and oxygen atoms in total. The van der Waals surface area contributed by atoms with Crippen molar-refractivity contribution in [2.45, 2.75) is 70.4 Å². The van der Waals surface area contributed by atoms with Crippen LogP contribution in [0.4, 0.5) is 0 Å². The van der Waals surface area contributed by atoms with E-state index in [0.29, 0.717) is 0 Å². The van der Waals surface area contributed by atoms with Gasteiger partial charge in [-0.15, -0.1) is 0 Å². The maximum Gasteiger partial charge on any atom is 0.211 e. The van der Waals surface area contributed by atoms with Crippen molar-refractivity contribution in [2.75, 3.05) is 12.3 Å². The Morgan fingerprint density at radius 1 is 0.947 bits per heavy atom. The molecule has 0 heterocycles. The van der Waals surface area contributed by atoms with Crippen LogP contribution in [0.1, 0.15) is 58.3 Å². The molecule has 0 atom stereocenters. The van der Waals surface area contributed by atoms with Crippen molar-refractivity contribution >= 4 is 10.0 Å². The van der Waals surface area contributed by atoms with Crippen molar-refractivity contribution < 1.29 is 8.42 Å². The van der Waals surface area contributed by atoms with Gasteiger partial charge in [-0.3, -0.25) is 0 Å². The Kier molecular flexibility index (Phi) is 5.66. The zero-order valence-corrected chi connectivity index (χ0v) is 12.8. The summed E-state index contributed by atoms with van der Waals surface area (Å²) >= 11 is 0. The molecule has 0 aromatic heterocycles. The number of unbranched alkanes of at least 4 members (excludes halogenated alkanes) is 1. The molecule has 112 valence electrons. The Bertz CT molecular complexity index is 358. The van der Waals surface area contributed by atoms with Crippen molar-refractivity contribution in [3.05, 3.63) is 0 Å². The minimum Gasteiger partial charge on any atom is -0.314 e. The monoisotopic (exact) mass is 288 g/mol. The van der Waals surface area contributed by atoms with E-state index in [9.17, 15) is 8.42 Å². The van der Waals surface area contributed by atoms with Gasteiger partial charge < -0.3 is 5.32 Å². The van der Waals surface area contributed by atoms with E-state index in [-0.39, 0.29) is 11.8 Å². The number of hydrogen-bond donors (Lipinski definition) is 2. The molecule has 0 spiro atoms. The molecule has 0 aliphatic heterocycles. The van der Waals surface area contributed by atoms with Crippen molar-refractivity contribution in [1.29, 1.82) is 0 Å². The van der Waals surface area contributed by atoms with Crippen LogP contribution in [0.5, 0.6) is 0 Å². The molecule has 2 aliphatic carbocycles. The number of sulfonamides is 1. The van der Waals surface area contributed by atoms with Gasteiger partial charge in [0.2, 0.25) is 10.0 Å². The summed E-state index contributed by atoms with van der Waals surface area (Å²) < 4.78 is 26.8. The Hall–Kier alpha value is -0.130. The molecule has 2 saturated carbocycles. The van der Waals surface area contributed by atoms with Gasteiger partial charge in [0.1, 0.15) is 0 Å². The molecule has 0 unspecified atom stereocenters. The Balaban J connectivity index is 1.57. The summed E-state index contributed by atoms with van der Waals surface area (Å²) in [5, 5.41) is 3.41. The van der Waals surface area contributed by atoms with E-state index in [2.05, 4.69) is 17.0 Å². The average Bonchev–Trinajstić information content (AvgIpc) is 3.15. The Morgan fingerprint density at radius 3 is 2.21 bits per heavy atom. The normalized spacial score (nSPS) is 28.5. The summed E-state index contributed by atoms with van der Waals surface area (Å²) in [5.41, 5.74) is 0. The molecular formula is C14H28N2O2S. The zero-order valence-electron chi connectivity index (χ0n) is 12.0. The highest BCUT2D eigenvalue weighted by Crippen LogP contribution is 2.24. The first kappa shape index (κ1) is 15.3. The summed E-state index contributed by atoms with van der Waals surface area (Å²) in [6.07, 6.45) is 8.61. The van der Waals surface area contributed by atoms with E-state index >= 15 is 0 Å². The van der Waals surface area contributed by atoms with Gasteiger partial charge in [-0.2, -0.15) is 0 Å². The largest absolute Gasteiger partial charge is 0.314 e. The van der Waals surface area contributed by atoms with Crippen LogP contribution < -0.4 is 10.0 Å². The first-order valence-electron chi connectivity index (χ1n) is 7.78. The summed E-state index contributed by atoms with van der Waals surface area (Å²) in [4.78, 5) is 0. The first-order valence-corrected chi connectivity index (χ1v) is 9.44. The molecule has 0 amide bonds. The summed E-state index contributed by atoms with van der Waals surface area (Å²) in [5.74, 6) is 1.04. The van der Waals surface area contributed by atoms with Crippen molar-refractivity contribution in [1.82, 2.24) is 10.0 Å². The third-order valence-corrected chi connectivity index (χ3v) is 5.73. The SMILES string of the molecule is CC1CCC(NS(=O)(=O)CCCCNC2CC2)CC1. The maximum absolute atomic E-state index is 12.0. The summed E-state index contributed by atoms with van der Waals surface area (Å²) in [6, 6.07) is 0.907. The van der Waals surface area contributed by atoms with Crippen LogP contribution in [0.15, 0.2) is 0 Å². The van der Waals surface area contributed by atoms with Gasteiger partial charge in [-0.05, 0) is 63.8 Å². The van der Waals surface area contributed by atoms with Gasteiger partial charge in [0.05, 0.1) is 5.75 Å². The maximum atomic E-state index is 12.0. The van der Waals surface area contributed by atoms with E-state index in [1.807, 2.05) is 0 Å². The first-order chi connectivity index (χ1) is 9.05. The quantitative estimate of drug-likeness (QED) is 0.672. The third kappa shape index (κ3) is 6.23. The van der Waals surface area contributed by atoms with E-state index in [1.54, 1.807) is 0 Å². The van der Waals surface area contributed by atoms with Gasteiger partial charge >= 0.3 is 0 Å². The molecule has 2 aliphatic rings. The molecular weight excluding hydrogens is 260 g/mol. The van der Waals surface area contributed by atoms with Crippen LogP contribution in [0.3, 0.4) is 0 Å². The molecule has 0 radical (unpaired) electrons. The molecule has 5 heteroatoms. The minimum atomic E-state index is -3.06. The number of rotatable bonds is 8. The predicted octanol–water partition coefficient (Wildman–Crippen LogP) is 2.02. The molecule has 19 heavy (non-hydrogen) atoms. The summed E-state index contributed by atoms with van der Waals surface area (Å²) in [7, 11) is -3.06. The van der Waals surface area contributed by atoms with Gasteiger partial charge in [-0.1, -0.05) is 6.92 Å². The highest BCUT2D eigenvalue weighted by Gasteiger charge is 2.23. The Labute approximate surface area is 117 Å². The van der Waals surface area contributed by atoms with Gasteiger partial charge in [0, 0.05) is 12.1 Å². The van der Waals surface area contributed by atoms with Crippen LogP contribution in [-0.4, -0.2) is 32.8 Å². The molecule has 2 N–H and O–H groups in total. The van der Waals surface area contributed by atoms with Gasteiger partial charge in [-0.25, -0.2) is 13.1 Å². The zero-order chi connectivity index (χ0) is 13.7. The second kappa shape index (κ2) is 7.04. The topological polar surface area (TPSA) is 58.2 Å². The lowest BCUT2D eigenvalue weighted by atomic mass is 9.88. The Morgan fingerprint density at radius 2 is 1.58 bits per heavy atom. The second-order valence-corrected chi connectivity index (χ2v) is 8.20. The van der Waals surface area contributed by atoms with E-state index < -0.39 is 10.0 Å². The number of hydrogen-bond acceptors (Lipinski definition) is 3. The van der Waals surface area contributed by atoms with Gasteiger partial charge in [0.25, 0.3) is 0 Å². The van der Waals surface area contributed by atoms with E-state index in [1.165, 1.54) is 12.8 Å². The highest BCUT2D eigenvalue weighted by atomic mass is 32.2. The van der Waals surface area contributed by atoms with Crippen molar-refractivity contribution in [3.63, 3.8) is 0 Å². The van der Waals surface area contributed by atoms with E-state index in [0.717, 1.165) is 57.0 Å². The highest BCUT2D eigenvalue weighted by molar-refractivity contribution is 7.89. The fourth-order valence-electron chi connectivity index (χ4n) is 2.70. The molecule has 0 aromatic carbocycles. The minimum absolute atomic E-state index is 0.186. The smallest absolute Gasteiger partial charge is 0.211 e. The third-order valence-electron chi connectivity index (χ3n) is 4.21. The van der Waals surface area contributed by atoms with Crippen LogP contribution in [0.25, 0.3) is 0 Å². The standard InChI is InChI=1S/C14H28N2O2S/c1-12-4-6-14(7-5-12)16-19(17,18)11-3-2-10-15-13-8-9-13/h12-16H,2-11H2,1H3. The lowest BCUT2D eigenvalue weighted by Gasteiger charge is -2.26. The van der Waals surface area contributed by atoms with E-state index in [4.69, 9.17) is 0 Å². The van der Waals surface area contributed by atoms with Crippen molar-refractivity contribution in [2.24, 2.45) is 5.92 Å². The average molecular weight is 288 g/mol. The van der Waals surface area contributed by atoms with Crippen LogP contribution in [0.2, 0.25) is 0 Å². The molecule has 2 rings (SSSR count). The van der Waals surface area contributed by atoms with Crippen LogP contribution in [0, 0.1) is 5.92 Å².